The van der Waals surface area contributed by atoms with Gasteiger partial charge in [-0.15, -0.1) is 0 Å². The predicted octanol–water partition coefficient (Wildman–Crippen LogP) is 2.70. The molecule has 0 radical (unpaired) electrons. The van der Waals surface area contributed by atoms with Crippen molar-refractivity contribution in [1.82, 2.24) is 14.8 Å². The number of hydrogen-bond donors (Lipinski definition) is 1. The second-order valence-corrected chi connectivity index (χ2v) is 4.66. The number of hydrogen-bond acceptors (Lipinski definition) is 3. The fraction of sp³-hybridized carbons (Fsp3) is 0.125. The number of nitrogens with two attached hydrogens (primary N) is 1. The maximum Gasteiger partial charge on any atom is 0.153 e. The van der Waals surface area contributed by atoms with Gasteiger partial charge in [-0.05, 0) is 24.1 Å². The molecule has 0 aliphatic heterocycles. The lowest BCUT2D eigenvalue weighted by atomic mass is 10.1. The van der Waals surface area contributed by atoms with Gasteiger partial charge in [0.15, 0.2) is 5.82 Å². The molecule has 2 N–H and O–H groups in total. The lowest BCUT2D eigenvalue weighted by molar-refractivity contribution is 0.834. The topological polar surface area (TPSA) is 56.7 Å². The Morgan fingerprint density at radius 3 is 2.55 bits per heavy atom. The first-order chi connectivity index (χ1) is 9.78. The van der Waals surface area contributed by atoms with Crippen LogP contribution in [-0.2, 0) is 6.54 Å². The van der Waals surface area contributed by atoms with Gasteiger partial charge in [0.05, 0.1) is 6.20 Å². The summed E-state index contributed by atoms with van der Waals surface area (Å²) in [5.41, 5.74) is 9.89. The van der Waals surface area contributed by atoms with Crippen LogP contribution >= 0.6 is 0 Å². The van der Waals surface area contributed by atoms with E-state index in [1.54, 1.807) is 4.68 Å². The Bertz CT molecular complexity index is 716. The normalized spacial score (nSPS) is 10.7. The third-order valence-electron chi connectivity index (χ3n) is 3.32. The molecular formula is C16H16N4. The third kappa shape index (κ3) is 2.33. The Balaban J connectivity index is 1.96. The van der Waals surface area contributed by atoms with Crippen LogP contribution in [0.1, 0.15) is 11.3 Å². The Morgan fingerprint density at radius 1 is 1.05 bits per heavy atom. The van der Waals surface area contributed by atoms with Crippen LogP contribution in [0.3, 0.4) is 0 Å². The first-order valence-electron chi connectivity index (χ1n) is 6.55. The van der Waals surface area contributed by atoms with Crippen LogP contribution in [0.25, 0.3) is 16.9 Å². The lowest BCUT2D eigenvalue weighted by Crippen LogP contribution is -2.04. The summed E-state index contributed by atoms with van der Waals surface area (Å²) in [4.78, 5) is 4.54. The zero-order valence-electron chi connectivity index (χ0n) is 11.3. The summed E-state index contributed by atoms with van der Waals surface area (Å²) >= 11 is 0. The second kappa shape index (κ2) is 5.27. The van der Waals surface area contributed by atoms with E-state index in [9.17, 15) is 0 Å². The summed E-state index contributed by atoms with van der Waals surface area (Å²) < 4.78 is 1.79. The number of rotatable bonds is 3. The highest BCUT2D eigenvalue weighted by Gasteiger charge is 2.05. The molecule has 3 rings (SSSR count). The average molecular weight is 264 g/mol. The Morgan fingerprint density at radius 2 is 1.85 bits per heavy atom. The molecule has 0 aliphatic rings. The molecule has 0 saturated carbocycles. The minimum Gasteiger partial charge on any atom is -0.326 e. The smallest absolute Gasteiger partial charge is 0.153 e. The zero-order valence-corrected chi connectivity index (χ0v) is 11.3. The molecule has 20 heavy (non-hydrogen) atoms. The zero-order chi connectivity index (χ0) is 13.9. The van der Waals surface area contributed by atoms with E-state index in [4.69, 9.17) is 5.73 Å². The Kier molecular flexibility index (Phi) is 3.31. The summed E-state index contributed by atoms with van der Waals surface area (Å²) in [6, 6.07) is 14.1. The maximum absolute atomic E-state index is 5.66. The quantitative estimate of drug-likeness (QED) is 0.791. The van der Waals surface area contributed by atoms with Crippen LogP contribution in [0.15, 0.2) is 54.9 Å². The predicted molar refractivity (Wildman–Crippen MR) is 79.4 cm³/mol. The molecule has 3 aromatic rings. The summed E-state index contributed by atoms with van der Waals surface area (Å²) in [5, 5.41) is 4.38. The maximum atomic E-state index is 5.66. The van der Waals surface area contributed by atoms with E-state index in [2.05, 4.69) is 22.2 Å². The molecule has 100 valence electrons. The first kappa shape index (κ1) is 12.6. The number of nitrogens with zero attached hydrogens (tertiary/aromatic N) is 3. The second-order valence-electron chi connectivity index (χ2n) is 4.66. The number of aromatic nitrogens is 3. The highest BCUT2D eigenvalue weighted by molar-refractivity contribution is 5.61. The minimum absolute atomic E-state index is 0.507. The highest BCUT2D eigenvalue weighted by atomic mass is 15.3. The molecule has 0 spiro atoms. The monoisotopic (exact) mass is 264 g/mol. The highest BCUT2D eigenvalue weighted by Crippen LogP contribution is 2.19. The standard InChI is InChI=1S/C16H16N4/c1-12-14(9-17)7-8-16(19-12)20-11-15(10-18-20)13-5-3-2-4-6-13/h2-8,10-11H,9,17H2,1H3. The van der Waals surface area contributed by atoms with E-state index in [-0.39, 0.29) is 0 Å². The summed E-state index contributed by atoms with van der Waals surface area (Å²) in [7, 11) is 0. The molecule has 0 fully saturated rings. The van der Waals surface area contributed by atoms with Crippen LogP contribution < -0.4 is 5.73 Å². The van der Waals surface area contributed by atoms with E-state index in [1.807, 2.05) is 49.6 Å². The summed E-state index contributed by atoms with van der Waals surface area (Å²) in [5.74, 6) is 0.807. The van der Waals surface area contributed by atoms with Gasteiger partial charge in [-0.3, -0.25) is 0 Å². The molecule has 2 aromatic heterocycles. The number of benzene rings is 1. The minimum atomic E-state index is 0.507. The number of aryl methyl sites for hydroxylation is 1. The van der Waals surface area contributed by atoms with E-state index in [0.717, 1.165) is 28.2 Å². The summed E-state index contributed by atoms with van der Waals surface area (Å²) in [6.45, 7) is 2.47. The molecule has 0 unspecified atom stereocenters. The first-order valence-corrected chi connectivity index (χ1v) is 6.55. The van der Waals surface area contributed by atoms with Gasteiger partial charge in [-0.2, -0.15) is 5.10 Å². The van der Waals surface area contributed by atoms with Gasteiger partial charge in [0.25, 0.3) is 0 Å². The fourth-order valence-corrected chi connectivity index (χ4v) is 2.15. The SMILES string of the molecule is Cc1nc(-n2cc(-c3ccccc3)cn2)ccc1CN. The Labute approximate surface area is 117 Å². The van der Waals surface area contributed by atoms with Crippen molar-refractivity contribution < 1.29 is 0 Å². The molecule has 0 amide bonds. The van der Waals surface area contributed by atoms with Crippen molar-refractivity contribution in [3.63, 3.8) is 0 Å². The van der Waals surface area contributed by atoms with Gasteiger partial charge in [-0.25, -0.2) is 9.67 Å². The van der Waals surface area contributed by atoms with Crippen LogP contribution in [0, 0.1) is 6.92 Å². The molecule has 2 heterocycles. The van der Waals surface area contributed by atoms with Gasteiger partial charge < -0.3 is 5.73 Å². The third-order valence-corrected chi connectivity index (χ3v) is 3.32. The van der Waals surface area contributed by atoms with Crippen LogP contribution in [-0.4, -0.2) is 14.8 Å². The molecule has 1 aromatic carbocycles. The average Bonchev–Trinajstić information content (AvgIpc) is 2.98. The van der Waals surface area contributed by atoms with E-state index in [0.29, 0.717) is 6.54 Å². The van der Waals surface area contributed by atoms with E-state index < -0.39 is 0 Å². The van der Waals surface area contributed by atoms with Crippen LogP contribution in [0.5, 0.6) is 0 Å². The molecule has 0 bridgehead atoms. The van der Waals surface area contributed by atoms with Gasteiger partial charge in [0, 0.05) is 24.0 Å². The van der Waals surface area contributed by atoms with Crippen LogP contribution in [0.2, 0.25) is 0 Å². The van der Waals surface area contributed by atoms with Crippen molar-refractivity contribution in [1.29, 1.82) is 0 Å². The molecule has 0 saturated heterocycles. The molecule has 4 nitrogen and oxygen atoms in total. The van der Waals surface area contributed by atoms with Gasteiger partial charge in [0.2, 0.25) is 0 Å². The molecular weight excluding hydrogens is 248 g/mol. The van der Waals surface area contributed by atoms with Gasteiger partial charge >= 0.3 is 0 Å². The lowest BCUT2D eigenvalue weighted by Gasteiger charge is -2.05. The van der Waals surface area contributed by atoms with Crippen molar-refractivity contribution in [2.75, 3.05) is 0 Å². The van der Waals surface area contributed by atoms with Crippen LogP contribution in [0.4, 0.5) is 0 Å². The largest absolute Gasteiger partial charge is 0.326 e. The van der Waals surface area contributed by atoms with Crippen molar-refractivity contribution in [2.24, 2.45) is 5.73 Å². The van der Waals surface area contributed by atoms with Crippen molar-refractivity contribution in [3.05, 3.63) is 66.1 Å². The molecule has 4 heteroatoms. The molecule has 0 atom stereocenters. The van der Waals surface area contributed by atoms with Gasteiger partial charge in [0.1, 0.15) is 0 Å². The number of pyridine rings is 1. The van der Waals surface area contributed by atoms with E-state index >= 15 is 0 Å². The van der Waals surface area contributed by atoms with Crippen molar-refractivity contribution in [2.45, 2.75) is 13.5 Å². The molecule has 0 aliphatic carbocycles. The van der Waals surface area contributed by atoms with Crippen molar-refractivity contribution >= 4 is 0 Å². The fourth-order valence-electron chi connectivity index (χ4n) is 2.15. The van der Waals surface area contributed by atoms with Gasteiger partial charge in [-0.1, -0.05) is 36.4 Å². The summed E-state index contributed by atoms with van der Waals surface area (Å²) in [6.07, 6.45) is 3.84. The van der Waals surface area contributed by atoms with Crippen molar-refractivity contribution in [3.8, 4) is 16.9 Å². The van der Waals surface area contributed by atoms with E-state index in [1.165, 1.54) is 0 Å². The Hall–Kier alpha value is -2.46.